The Morgan fingerprint density at radius 3 is 3.06 bits per heavy atom. The zero-order valence-corrected chi connectivity index (χ0v) is 12.8. The van der Waals surface area contributed by atoms with E-state index in [1.807, 2.05) is 30.0 Å². The molecule has 4 heteroatoms. The number of carbonyl (C=O) groups is 1. The van der Waals surface area contributed by atoms with Crippen molar-refractivity contribution < 1.29 is 4.79 Å². The van der Waals surface area contributed by atoms with Crippen LogP contribution >= 0.6 is 27.5 Å². The molecule has 1 unspecified atom stereocenters. The average molecular weight is 331 g/mol. The van der Waals surface area contributed by atoms with E-state index in [4.69, 9.17) is 11.6 Å². The first-order chi connectivity index (χ1) is 8.63. The lowest BCUT2D eigenvalue weighted by molar-refractivity contribution is 0.0787. The Hall–Kier alpha value is -0.540. The van der Waals surface area contributed by atoms with E-state index in [0.29, 0.717) is 16.5 Å². The molecule has 1 amide bonds. The van der Waals surface area contributed by atoms with Crippen molar-refractivity contribution >= 4 is 33.4 Å². The van der Waals surface area contributed by atoms with E-state index >= 15 is 0 Å². The Labute approximate surface area is 121 Å². The summed E-state index contributed by atoms with van der Waals surface area (Å²) in [6, 6.07) is 5.63. The summed E-state index contributed by atoms with van der Waals surface area (Å²) in [5, 5.41) is 1.59. The number of likely N-dealkylation sites (tertiary alicyclic amines) is 1. The molecule has 1 saturated heterocycles. The number of benzene rings is 1. The van der Waals surface area contributed by atoms with Crippen LogP contribution in [0.15, 0.2) is 18.2 Å². The highest BCUT2D eigenvalue weighted by Gasteiger charge is 2.27. The third-order valence-electron chi connectivity index (χ3n) is 3.51. The lowest BCUT2D eigenvalue weighted by Gasteiger charge is -2.17. The van der Waals surface area contributed by atoms with E-state index in [1.165, 1.54) is 0 Å². The number of amides is 1. The number of carbonyl (C=O) groups excluding carboxylic acids is 1. The van der Waals surface area contributed by atoms with Gasteiger partial charge in [0, 0.05) is 18.4 Å². The maximum atomic E-state index is 12.4. The molecule has 1 aliphatic heterocycles. The van der Waals surface area contributed by atoms with Gasteiger partial charge in [0.2, 0.25) is 0 Å². The summed E-state index contributed by atoms with van der Waals surface area (Å²) in [6.45, 7) is 3.63. The van der Waals surface area contributed by atoms with Crippen molar-refractivity contribution in [3.8, 4) is 0 Å². The van der Waals surface area contributed by atoms with Crippen molar-refractivity contribution in [1.82, 2.24) is 4.90 Å². The van der Waals surface area contributed by atoms with Crippen LogP contribution in [-0.4, -0.2) is 29.2 Å². The van der Waals surface area contributed by atoms with E-state index in [9.17, 15) is 4.79 Å². The first-order valence-electron chi connectivity index (χ1n) is 6.24. The van der Waals surface area contributed by atoms with Gasteiger partial charge in [-0.3, -0.25) is 4.79 Å². The summed E-state index contributed by atoms with van der Waals surface area (Å²) in [4.78, 5) is 14.3. The maximum Gasteiger partial charge on any atom is 0.255 e. The van der Waals surface area contributed by atoms with E-state index < -0.39 is 0 Å². The number of hydrogen-bond acceptors (Lipinski definition) is 1. The molecular formula is C14H17BrClNO. The van der Waals surface area contributed by atoms with Gasteiger partial charge >= 0.3 is 0 Å². The topological polar surface area (TPSA) is 20.3 Å². The number of hydrogen-bond donors (Lipinski definition) is 0. The molecule has 0 bridgehead atoms. The predicted octanol–water partition coefficient (Wildman–Crippen LogP) is 3.90. The highest BCUT2D eigenvalue weighted by molar-refractivity contribution is 9.09. The number of rotatable bonds is 3. The zero-order chi connectivity index (χ0) is 13.1. The van der Waals surface area contributed by atoms with Crippen molar-refractivity contribution in [3.63, 3.8) is 0 Å². The molecule has 0 aliphatic carbocycles. The lowest BCUT2D eigenvalue weighted by atomic mass is 10.1. The summed E-state index contributed by atoms with van der Waals surface area (Å²) in [5.41, 5.74) is 1.59. The van der Waals surface area contributed by atoms with Crippen LogP contribution in [0.4, 0.5) is 0 Å². The number of aryl methyl sites for hydroxylation is 1. The van der Waals surface area contributed by atoms with Gasteiger partial charge in [0.15, 0.2) is 0 Å². The van der Waals surface area contributed by atoms with Gasteiger partial charge in [0.25, 0.3) is 5.91 Å². The lowest BCUT2D eigenvalue weighted by Crippen LogP contribution is -2.29. The highest BCUT2D eigenvalue weighted by atomic mass is 79.9. The molecule has 18 heavy (non-hydrogen) atoms. The molecule has 98 valence electrons. The molecule has 1 fully saturated rings. The molecule has 1 heterocycles. The summed E-state index contributed by atoms with van der Waals surface area (Å²) >= 11 is 9.67. The minimum atomic E-state index is 0.0702. The van der Waals surface area contributed by atoms with Crippen LogP contribution in [0.1, 0.15) is 28.8 Å². The summed E-state index contributed by atoms with van der Waals surface area (Å²) in [5.74, 6) is 0.692. The van der Waals surface area contributed by atoms with Crippen molar-refractivity contribution in [3.05, 3.63) is 34.3 Å². The normalized spacial score (nSPS) is 19.3. The Morgan fingerprint density at radius 2 is 2.33 bits per heavy atom. The fourth-order valence-electron chi connectivity index (χ4n) is 2.39. The van der Waals surface area contributed by atoms with Crippen molar-refractivity contribution in [1.29, 1.82) is 0 Å². The van der Waals surface area contributed by atoms with E-state index in [2.05, 4.69) is 15.9 Å². The van der Waals surface area contributed by atoms with Crippen LogP contribution in [0.5, 0.6) is 0 Å². The molecule has 0 N–H and O–H groups in total. The van der Waals surface area contributed by atoms with Crippen LogP contribution in [-0.2, 0) is 0 Å². The summed E-state index contributed by atoms with van der Waals surface area (Å²) in [7, 11) is 0. The number of nitrogens with zero attached hydrogens (tertiary/aromatic N) is 1. The van der Waals surface area contributed by atoms with Crippen molar-refractivity contribution in [2.45, 2.75) is 19.8 Å². The number of halogens is 2. The quantitative estimate of drug-likeness (QED) is 0.770. The Bertz CT molecular complexity index is 449. The first-order valence-corrected chi connectivity index (χ1v) is 7.73. The second-order valence-corrected chi connectivity index (χ2v) is 5.99. The van der Waals surface area contributed by atoms with Gasteiger partial charge in [-0.05, 0) is 37.3 Å². The van der Waals surface area contributed by atoms with E-state index in [1.54, 1.807) is 0 Å². The van der Waals surface area contributed by atoms with Gasteiger partial charge in [-0.15, -0.1) is 0 Å². The third kappa shape index (κ3) is 2.89. The Kier molecular flexibility index (Phi) is 4.68. The number of alkyl halides is 1. The van der Waals surface area contributed by atoms with Crippen LogP contribution in [0.3, 0.4) is 0 Å². The van der Waals surface area contributed by atoms with Gasteiger partial charge < -0.3 is 4.90 Å². The average Bonchev–Trinajstić information content (AvgIpc) is 2.81. The largest absolute Gasteiger partial charge is 0.338 e. The minimum Gasteiger partial charge on any atom is -0.338 e. The van der Waals surface area contributed by atoms with E-state index in [0.717, 1.165) is 36.8 Å². The van der Waals surface area contributed by atoms with Gasteiger partial charge in [-0.1, -0.05) is 39.7 Å². The minimum absolute atomic E-state index is 0.0702. The molecule has 0 aromatic heterocycles. The zero-order valence-electron chi connectivity index (χ0n) is 10.5. The Balaban J connectivity index is 2.11. The van der Waals surface area contributed by atoms with Gasteiger partial charge in [0.1, 0.15) is 0 Å². The van der Waals surface area contributed by atoms with Gasteiger partial charge in [-0.2, -0.15) is 0 Å². The van der Waals surface area contributed by atoms with Crippen molar-refractivity contribution in [2.24, 2.45) is 5.92 Å². The van der Waals surface area contributed by atoms with Crippen LogP contribution in [0.2, 0.25) is 5.02 Å². The highest BCUT2D eigenvalue weighted by Crippen LogP contribution is 2.26. The summed E-state index contributed by atoms with van der Waals surface area (Å²) in [6.07, 6.45) is 2.23. The maximum absolute atomic E-state index is 12.4. The predicted molar refractivity (Wildman–Crippen MR) is 78.6 cm³/mol. The molecule has 1 aromatic rings. The fraction of sp³-hybridized carbons (Fsp3) is 0.500. The van der Waals surface area contributed by atoms with Crippen LogP contribution < -0.4 is 0 Å². The molecule has 1 aliphatic rings. The van der Waals surface area contributed by atoms with Gasteiger partial charge in [0.05, 0.1) is 10.6 Å². The Morgan fingerprint density at radius 1 is 1.56 bits per heavy atom. The second kappa shape index (κ2) is 6.07. The standard InChI is InChI=1S/C14H17BrClNO/c1-10-3-2-4-12(13(10)16)14(18)17-8-6-11(9-17)5-7-15/h2-4,11H,5-9H2,1H3. The van der Waals surface area contributed by atoms with Crippen molar-refractivity contribution in [2.75, 3.05) is 18.4 Å². The molecular weight excluding hydrogens is 314 g/mol. The van der Waals surface area contributed by atoms with Crippen LogP contribution in [0, 0.1) is 12.8 Å². The molecule has 2 nitrogen and oxygen atoms in total. The molecule has 1 aromatic carbocycles. The first kappa shape index (κ1) is 13.9. The molecule has 0 radical (unpaired) electrons. The SMILES string of the molecule is Cc1cccc(C(=O)N2CCC(CCBr)C2)c1Cl. The molecule has 0 spiro atoms. The second-order valence-electron chi connectivity index (χ2n) is 4.82. The van der Waals surface area contributed by atoms with Gasteiger partial charge in [-0.25, -0.2) is 0 Å². The van der Waals surface area contributed by atoms with Crippen LogP contribution in [0.25, 0.3) is 0 Å². The monoisotopic (exact) mass is 329 g/mol. The molecule has 1 atom stereocenters. The molecule has 2 rings (SSSR count). The third-order valence-corrected chi connectivity index (χ3v) is 4.47. The fourth-order valence-corrected chi connectivity index (χ4v) is 3.24. The smallest absolute Gasteiger partial charge is 0.255 e. The van der Waals surface area contributed by atoms with E-state index in [-0.39, 0.29) is 5.91 Å². The molecule has 0 saturated carbocycles. The summed E-state index contributed by atoms with van der Waals surface area (Å²) < 4.78 is 0.